The van der Waals surface area contributed by atoms with Crippen LogP contribution in [0.15, 0.2) is 30.3 Å². The molecule has 0 aliphatic carbocycles. The Balaban J connectivity index is 1.71. The molecule has 1 saturated heterocycles. The second-order valence-corrected chi connectivity index (χ2v) is 4.29. The van der Waals surface area contributed by atoms with Crippen molar-refractivity contribution >= 4 is 0 Å². The van der Waals surface area contributed by atoms with Gasteiger partial charge in [0, 0.05) is 19.7 Å². The van der Waals surface area contributed by atoms with Crippen molar-refractivity contribution in [1.29, 1.82) is 0 Å². The molecule has 2 nitrogen and oxygen atoms in total. The standard InChI is InChI=1S/C13H19NO/c1-11-7-8-15-13(11)10-14-9-12-5-3-2-4-6-12/h2-6,11,13-14H,7-10H2,1H3. The van der Waals surface area contributed by atoms with Crippen LogP contribution < -0.4 is 5.32 Å². The third kappa shape index (κ3) is 3.05. The van der Waals surface area contributed by atoms with Gasteiger partial charge in [0.1, 0.15) is 0 Å². The number of rotatable bonds is 4. The Kier molecular flexibility index (Phi) is 3.75. The highest BCUT2D eigenvalue weighted by Crippen LogP contribution is 2.19. The van der Waals surface area contributed by atoms with Crippen LogP contribution in [0.1, 0.15) is 18.9 Å². The number of nitrogens with one attached hydrogen (secondary N) is 1. The Morgan fingerprint density at radius 3 is 2.80 bits per heavy atom. The van der Waals surface area contributed by atoms with E-state index in [9.17, 15) is 0 Å². The minimum atomic E-state index is 0.411. The SMILES string of the molecule is CC1CCOC1CNCc1ccccc1. The Bertz CT molecular complexity index is 286. The molecule has 1 N–H and O–H groups in total. The Morgan fingerprint density at radius 2 is 2.13 bits per heavy atom. The van der Waals surface area contributed by atoms with Crippen LogP contribution in [0.4, 0.5) is 0 Å². The monoisotopic (exact) mass is 205 g/mol. The number of hydrogen-bond donors (Lipinski definition) is 1. The van der Waals surface area contributed by atoms with Gasteiger partial charge in [0.15, 0.2) is 0 Å². The van der Waals surface area contributed by atoms with E-state index in [4.69, 9.17) is 4.74 Å². The molecule has 1 aromatic carbocycles. The maximum Gasteiger partial charge on any atom is 0.0725 e. The van der Waals surface area contributed by atoms with Crippen molar-refractivity contribution in [3.05, 3.63) is 35.9 Å². The highest BCUT2D eigenvalue weighted by Gasteiger charge is 2.23. The smallest absolute Gasteiger partial charge is 0.0725 e. The molecule has 15 heavy (non-hydrogen) atoms. The van der Waals surface area contributed by atoms with Gasteiger partial charge in [-0.05, 0) is 17.9 Å². The van der Waals surface area contributed by atoms with Gasteiger partial charge in [-0.15, -0.1) is 0 Å². The van der Waals surface area contributed by atoms with Crippen LogP contribution in [-0.2, 0) is 11.3 Å². The lowest BCUT2D eigenvalue weighted by atomic mass is 10.0. The van der Waals surface area contributed by atoms with Gasteiger partial charge in [-0.1, -0.05) is 37.3 Å². The van der Waals surface area contributed by atoms with Gasteiger partial charge in [-0.3, -0.25) is 0 Å². The van der Waals surface area contributed by atoms with Gasteiger partial charge < -0.3 is 10.1 Å². The van der Waals surface area contributed by atoms with Crippen LogP contribution in [0, 0.1) is 5.92 Å². The van der Waals surface area contributed by atoms with Crippen LogP contribution in [0.5, 0.6) is 0 Å². The molecule has 0 radical (unpaired) electrons. The predicted molar refractivity (Wildman–Crippen MR) is 61.7 cm³/mol. The fourth-order valence-corrected chi connectivity index (χ4v) is 1.97. The first-order chi connectivity index (χ1) is 7.36. The minimum absolute atomic E-state index is 0.411. The summed E-state index contributed by atoms with van der Waals surface area (Å²) in [5.74, 6) is 0.702. The normalized spacial score (nSPS) is 25.7. The van der Waals surface area contributed by atoms with E-state index in [0.29, 0.717) is 12.0 Å². The van der Waals surface area contributed by atoms with Crippen LogP contribution >= 0.6 is 0 Å². The van der Waals surface area contributed by atoms with Crippen LogP contribution in [0.3, 0.4) is 0 Å². The van der Waals surface area contributed by atoms with E-state index in [0.717, 1.165) is 19.7 Å². The molecule has 2 unspecified atom stereocenters. The van der Waals surface area contributed by atoms with Crippen LogP contribution in [0.25, 0.3) is 0 Å². The molecule has 1 aliphatic heterocycles. The molecule has 82 valence electrons. The summed E-state index contributed by atoms with van der Waals surface area (Å²) >= 11 is 0. The zero-order valence-electron chi connectivity index (χ0n) is 9.28. The van der Waals surface area contributed by atoms with E-state index >= 15 is 0 Å². The number of ether oxygens (including phenoxy) is 1. The zero-order chi connectivity index (χ0) is 10.5. The lowest BCUT2D eigenvalue weighted by molar-refractivity contribution is 0.0931. The van der Waals surface area contributed by atoms with Gasteiger partial charge in [0.25, 0.3) is 0 Å². The van der Waals surface area contributed by atoms with Crippen LogP contribution in [0.2, 0.25) is 0 Å². The van der Waals surface area contributed by atoms with E-state index < -0.39 is 0 Å². The van der Waals surface area contributed by atoms with E-state index in [1.165, 1.54) is 12.0 Å². The summed E-state index contributed by atoms with van der Waals surface area (Å²) in [5, 5.41) is 3.45. The first-order valence-corrected chi connectivity index (χ1v) is 5.72. The molecule has 0 amide bonds. The topological polar surface area (TPSA) is 21.3 Å². The first-order valence-electron chi connectivity index (χ1n) is 5.72. The molecular weight excluding hydrogens is 186 g/mol. The zero-order valence-corrected chi connectivity index (χ0v) is 9.28. The third-order valence-corrected chi connectivity index (χ3v) is 3.06. The molecule has 0 aromatic heterocycles. The van der Waals surface area contributed by atoms with Crippen molar-refractivity contribution in [2.24, 2.45) is 5.92 Å². The van der Waals surface area contributed by atoms with Crippen molar-refractivity contribution in [1.82, 2.24) is 5.32 Å². The van der Waals surface area contributed by atoms with E-state index in [-0.39, 0.29) is 0 Å². The summed E-state index contributed by atoms with van der Waals surface area (Å²) in [7, 11) is 0. The van der Waals surface area contributed by atoms with Gasteiger partial charge in [0.05, 0.1) is 6.10 Å². The Hall–Kier alpha value is -0.860. The quantitative estimate of drug-likeness (QED) is 0.813. The Labute approximate surface area is 91.6 Å². The average Bonchev–Trinajstić information content (AvgIpc) is 2.66. The van der Waals surface area contributed by atoms with Gasteiger partial charge in [0.2, 0.25) is 0 Å². The van der Waals surface area contributed by atoms with Crippen molar-refractivity contribution in [2.75, 3.05) is 13.2 Å². The molecule has 1 heterocycles. The molecule has 1 aliphatic rings. The van der Waals surface area contributed by atoms with Gasteiger partial charge in [-0.25, -0.2) is 0 Å². The van der Waals surface area contributed by atoms with Crippen molar-refractivity contribution in [2.45, 2.75) is 26.0 Å². The van der Waals surface area contributed by atoms with Gasteiger partial charge in [-0.2, -0.15) is 0 Å². The summed E-state index contributed by atoms with van der Waals surface area (Å²) < 4.78 is 5.64. The van der Waals surface area contributed by atoms with Crippen LogP contribution in [-0.4, -0.2) is 19.3 Å². The molecule has 1 fully saturated rings. The summed E-state index contributed by atoms with van der Waals surface area (Å²) in [6.45, 7) is 5.10. The number of hydrogen-bond acceptors (Lipinski definition) is 2. The lowest BCUT2D eigenvalue weighted by Crippen LogP contribution is -2.29. The van der Waals surface area contributed by atoms with E-state index in [2.05, 4.69) is 36.5 Å². The molecule has 1 aromatic rings. The molecule has 2 rings (SSSR count). The lowest BCUT2D eigenvalue weighted by Gasteiger charge is -2.15. The molecule has 2 heteroatoms. The highest BCUT2D eigenvalue weighted by atomic mass is 16.5. The highest BCUT2D eigenvalue weighted by molar-refractivity contribution is 5.14. The Morgan fingerprint density at radius 1 is 1.33 bits per heavy atom. The fraction of sp³-hybridized carbons (Fsp3) is 0.538. The van der Waals surface area contributed by atoms with E-state index in [1.54, 1.807) is 0 Å². The maximum absolute atomic E-state index is 5.64. The summed E-state index contributed by atoms with van der Waals surface area (Å²) in [5.41, 5.74) is 1.34. The average molecular weight is 205 g/mol. The fourth-order valence-electron chi connectivity index (χ4n) is 1.97. The second-order valence-electron chi connectivity index (χ2n) is 4.29. The number of benzene rings is 1. The first kappa shape index (κ1) is 10.7. The summed E-state index contributed by atoms with van der Waals surface area (Å²) in [6, 6.07) is 10.5. The summed E-state index contributed by atoms with van der Waals surface area (Å²) in [4.78, 5) is 0. The molecular formula is C13H19NO. The van der Waals surface area contributed by atoms with Crippen molar-refractivity contribution < 1.29 is 4.74 Å². The molecule has 2 atom stereocenters. The summed E-state index contributed by atoms with van der Waals surface area (Å²) in [6.07, 6.45) is 1.62. The largest absolute Gasteiger partial charge is 0.377 e. The predicted octanol–water partition coefficient (Wildman–Crippen LogP) is 2.20. The van der Waals surface area contributed by atoms with Gasteiger partial charge >= 0.3 is 0 Å². The molecule has 0 spiro atoms. The minimum Gasteiger partial charge on any atom is -0.377 e. The molecule has 0 bridgehead atoms. The van der Waals surface area contributed by atoms with Crippen molar-refractivity contribution in [3.8, 4) is 0 Å². The maximum atomic E-state index is 5.64. The van der Waals surface area contributed by atoms with E-state index in [1.807, 2.05) is 6.07 Å². The molecule has 0 saturated carbocycles. The second kappa shape index (κ2) is 5.29. The van der Waals surface area contributed by atoms with Crippen molar-refractivity contribution in [3.63, 3.8) is 0 Å². The third-order valence-electron chi connectivity index (χ3n) is 3.06.